The van der Waals surface area contributed by atoms with Crippen LogP contribution in [0.1, 0.15) is 38.5 Å². The first-order valence-electron chi connectivity index (χ1n) is 9.78. The number of benzene rings is 2. The van der Waals surface area contributed by atoms with Crippen LogP contribution in [-0.4, -0.2) is 26.8 Å². The highest BCUT2D eigenvalue weighted by molar-refractivity contribution is 9.10. The van der Waals surface area contributed by atoms with Gasteiger partial charge in [-0.1, -0.05) is 77.4 Å². The van der Waals surface area contributed by atoms with Gasteiger partial charge in [-0.25, -0.2) is 0 Å². The number of thioether (sulfide) groups is 1. The predicted molar refractivity (Wildman–Crippen MR) is 122 cm³/mol. The minimum atomic E-state index is -0.689. The maximum absolute atomic E-state index is 12.8. The summed E-state index contributed by atoms with van der Waals surface area (Å²) in [7, 11) is 0. The smallest absolute Gasteiger partial charge is 0.247 e. The van der Waals surface area contributed by atoms with E-state index in [2.05, 4.69) is 38.0 Å². The van der Waals surface area contributed by atoms with Crippen molar-refractivity contribution in [1.82, 2.24) is 15.2 Å². The molecule has 154 valence electrons. The maximum atomic E-state index is 12.8. The number of hydrogen-bond acceptors (Lipinski definition) is 6. The Morgan fingerprint density at radius 3 is 2.70 bits per heavy atom. The minimum Gasteiger partial charge on any atom is -0.447 e. The summed E-state index contributed by atoms with van der Waals surface area (Å²) >= 11 is 5.16. The molecule has 1 aliphatic heterocycles. The van der Waals surface area contributed by atoms with Crippen LogP contribution in [0.4, 0.5) is 5.69 Å². The Balaban J connectivity index is 1.87. The number of rotatable bonds is 5. The number of hydrogen-bond donors (Lipinski definition) is 0. The number of para-hydroxylation sites is 1. The third-order valence-electron chi connectivity index (χ3n) is 4.75. The molecule has 4 rings (SSSR count). The van der Waals surface area contributed by atoms with Gasteiger partial charge in [0.15, 0.2) is 5.69 Å². The molecule has 6 nitrogen and oxygen atoms in total. The van der Waals surface area contributed by atoms with Gasteiger partial charge >= 0.3 is 0 Å². The Morgan fingerprint density at radius 2 is 1.93 bits per heavy atom. The van der Waals surface area contributed by atoms with Gasteiger partial charge in [0.25, 0.3) is 0 Å². The molecule has 0 fully saturated rings. The van der Waals surface area contributed by atoms with E-state index in [9.17, 15) is 4.79 Å². The van der Waals surface area contributed by atoms with Crippen LogP contribution in [0.3, 0.4) is 0 Å². The monoisotopic (exact) mass is 484 g/mol. The van der Waals surface area contributed by atoms with E-state index in [0.29, 0.717) is 22.4 Å². The Bertz CT molecular complexity index is 1080. The van der Waals surface area contributed by atoms with Crippen molar-refractivity contribution in [2.45, 2.75) is 38.1 Å². The maximum Gasteiger partial charge on any atom is 0.247 e. The van der Waals surface area contributed by atoms with Crippen LogP contribution in [0.25, 0.3) is 11.3 Å². The standard InChI is InChI=1S/C22H21BrN4O2S/c1-3-4-13-30-22-24-20-19(25-26-22)16-10-6-8-12-18(16)27(14(2)28)21(29-20)15-9-5-7-11-17(15)23/h5-12,21H,3-4,13H2,1-2H3/t21-/m1/s1. The summed E-state index contributed by atoms with van der Waals surface area (Å²) in [6.45, 7) is 3.68. The molecule has 0 N–H and O–H groups in total. The van der Waals surface area contributed by atoms with Gasteiger partial charge in [-0.15, -0.1) is 10.2 Å². The van der Waals surface area contributed by atoms with Crippen LogP contribution < -0.4 is 9.64 Å². The third kappa shape index (κ3) is 4.06. The molecule has 0 saturated carbocycles. The Kier molecular flexibility index (Phi) is 6.34. The molecule has 0 spiro atoms. The number of unbranched alkanes of at least 4 members (excludes halogenated alkanes) is 1. The van der Waals surface area contributed by atoms with Gasteiger partial charge in [0, 0.05) is 28.3 Å². The zero-order valence-corrected chi connectivity index (χ0v) is 19.1. The molecule has 1 aromatic heterocycles. The van der Waals surface area contributed by atoms with E-state index < -0.39 is 6.23 Å². The predicted octanol–water partition coefficient (Wildman–Crippen LogP) is 5.64. The molecule has 8 heteroatoms. The highest BCUT2D eigenvalue weighted by Gasteiger charge is 2.35. The molecule has 3 aromatic rings. The molecule has 1 atom stereocenters. The van der Waals surface area contributed by atoms with E-state index in [0.717, 1.165) is 34.2 Å². The fourth-order valence-corrected chi connectivity index (χ4v) is 4.64. The number of anilines is 1. The van der Waals surface area contributed by atoms with Gasteiger partial charge in [0.05, 0.1) is 5.69 Å². The van der Waals surface area contributed by atoms with Gasteiger partial charge in [-0.2, -0.15) is 4.98 Å². The molecule has 0 radical (unpaired) electrons. The number of fused-ring (bicyclic) bond motifs is 3. The van der Waals surface area contributed by atoms with E-state index in [4.69, 9.17) is 4.74 Å². The first-order valence-corrected chi connectivity index (χ1v) is 11.6. The SMILES string of the molecule is CCCCSc1nnc2c(n1)O[C@H](c1ccccc1Br)N(C(C)=O)c1ccccc1-2. The molecule has 0 aliphatic carbocycles. The van der Waals surface area contributed by atoms with Gasteiger partial charge in [-0.05, 0) is 18.6 Å². The van der Waals surface area contributed by atoms with Crippen molar-refractivity contribution in [2.24, 2.45) is 0 Å². The van der Waals surface area contributed by atoms with Gasteiger partial charge in [-0.3, -0.25) is 9.69 Å². The lowest BCUT2D eigenvalue weighted by Crippen LogP contribution is -2.36. The van der Waals surface area contributed by atoms with Crippen LogP contribution in [0, 0.1) is 0 Å². The first-order chi connectivity index (χ1) is 14.6. The highest BCUT2D eigenvalue weighted by Crippen LogP contribution is 2.44. The fraction of sp³-hybridized carbons (Fsp3) is 0.273. The van der Waals surface area contributed by atoms with Crippen molar-refractivity contribution in [3.63, 3.8) is 0 Å². The molecule has 2 heterocycles. The average molecular weight is 485 g/mol. The second-order valence-corrected chi connectivity index (χ2v) is 8.76. The number of aromatic nitrogens is 3. The number of halogens is 1. The van der Waals surface area contributed by atoms with Crippen molar-refractivity contribution in [1.29, 1.82) is 0 Å². The van der Waals surface area contributed by atoms with Crippen molar-refractivity contribution >= 4 is 39.3 Å². The van der Waals surface area contributed by atoms with E-state index in [1.807, 2.05) is 48.5 Å². The quantitative estimate of drug-likeness (QED) is 0.344. The summed E-state index contributed by atoms with van der Waals surface area (Å²) in [6, 6.07) is 15.3. The van der Waals surface area contributed by atoms with E-state index in [-0.39, 0.29) is 5.91 Å². The molecule has 2 aromatic carbocycles. The second-order valence-electron chi connectivity index (χ2n) is 6.85. The molecule has 0 bridgehead atoms. The van der Waals surface area contributed by atoms with Crippen molar-refractivity contribution in [2.75, 3.05) is 10.7 Å². The molecule has 0 unspecified atom stereocenters. The first kappa shape index (κ1) is 20.8. The molecule has 1 aliphatic rings. The van der Waals surface area contributed by atoms with Gasteiger partial charge in [0.2, 0.25) is 23.2 Å². The summed E-state index contributed by atoms with van der Waals surface area (Å²) in [6.07, 6.45) is 1.49. The van der Waals surface area contributed by atoms with Crippen LogP contribution >= 0.6 is 27.7 Å². The highest BCUT2D eigenvalue weighted by atomic mass is 79.9. The summed E-state index contributed by atoms with van der Waals surface area (Å²) in [5, 5.41) is 9.31. The summed E-state index contributed by atoms with van der Waals surface area (Å²) in [5.41, 5.74) is 2.84. The number of carbonyl (C=O) groups excluding carboxylic acids is 1. The van der Waals surface area contributed by atoms with Crippen molar-refractivity contribution in [3.8, 4) is 17.1 Å². The largest absolute Gasteiger partial charge is 0.447 e. The summed E-state index contributed by atoms with van der Waals surface area (Å²) in [4.78, 5) is 19.1. The molecule has 30 heavy (non-hydrogen) atoms. The van der Waals surface area contributed by atoms with E-state index >= 15 is 0 Å². The van der Waals surface area contributed by atoms with Crippen LogP contribution in [0.5, 0.6) is 5.88 Å². The van der Waals surface area contributed by atoms with E-state index in [1.165, 1.54) is 6.92 Å². The molecular weight excluding hydrogens is 464 g/mol. The minimum absolute atomic E-state index is 0.137. The van der Waals surface area contributed by atoms with E-state index in [1.54, 1.807) is 16.7 Å². The molecule has 0 saturated heterocycles. The zero-order chi connectivity index (χ0) is 21.1. The number of amides is 1. The lowest BCUT2D eigenvalue weighted by Gasteiger charge is -2.30. The molecular formula is C22H21BrN4O2S. The Hall–Kier alpha value is -2.45. The number of nitrogens with zero attached hydrogens (tertiary/aromatic N) is 4. The Labute approximate surface area is 188 Å². The lowest BCUT2D eigenvalue weighted by atomic mass is 10.1. The van der Waals surface area contributed by atoms with Gasteiger partial charge < -0.3 is 4.74 Å². The molecule has 1 amide bonds. The van der Waals surface area contributed by atoms with Crippen LogP contribution in [0.15, 0.2) is 58.2 Å². The third-order valence-corrected chi connectivity index (χ3v) is 6.40. The van der Waals surface area contributed by atoms with Crippen molar-refractivity contribution in [3.05, 3.63) is 58.6 Å². The topological polar surface area (TPSA) is 68.2 Å². The normalized spacial score (nSPS) is 15.0. The zero-order valence-electron chi connectivity index (χ0n) is 16.7. The summed E-state index contributed by atoms with van der Waals surface area (Å²) in [5.74, 6) is 1.16. The summed E-state index contributed by atoms with van der Waals surface area (Å²) < 4.78 is 7.22. The number of carbonyl (C=O) groups is 1. The van der Waals surface area contributed by atoms with Crippen molar-refractivity contribution < 1.29 is 9.53 Å². The number of ether oxygens (including phenoxy) is 1. The van der Waals surface area contributed by atoms with Gasteiger partial charge in [0.1, 0.15) is 0 Å². The average Bonchev–Trinajstić information content (AvgIpc) is 2.88. The second kappa shape index (κ2) is 9.14. The van der Waals surface area contributed by atoms with Crippen LogP contribution in [0.2, 0.25) is 0 Å². The lowest BCUT2D eigenvalue weighted by molar-refractivity contribution is -0.118. The fourth-order valence-electron chi connectivity index (χ4n) is 3.30. The Morgan fingerprint density at radius 1 is 1.17 bits per heavy atom. The van der Waals surface area contributed by atoms with Crippen LogP contribution in [-0.2, 0) is 4.79 Å².